The van der Waals surface area contributed by atoms with Gasteiger partial charge in [0.25, 0.3) is 5.69 Å². The van der Waals surface area contributed by atoms with Gasteiger partial charge in [-0.1, -0.05) is 0 Å². The average Bonchev–Trinajstić information content (AvgIpc) is 3.04. The summed E-state index contributed by atoms with van der Waals surface area (Å²) < 4.78 is 0.894. The zero-order chi connectivity index (χ0) is 12.6. The number of hydrogen-bond acceptors (Lipinski definition) is 3. The Morgan fingerprint density at radius 1 is 1.47 bits per heavy atom. The molecule has 1 aromatic rings. The molecule has 0 spiro atoms. The Balaban J connectivity index is 2.19. The van der Waals surface area contributed by atoms with Crippen molar-refractivity contribution >= 4 is 34.0 Å². The Morgan fingerprint density at radius 3 is 2.59 bits per heavy atom. The van der Waals surface area contributed by atoms with Gasteiger partial charge < -0.3 is 5.32 Å². The van der Waals surface area contributed by atoms with Crippen LogP contribution in [0.4, 0.5) is 11.4 Å². The number of nitro benzene ring substituents is 1. The van der Waals surface area contributed by atoms with Crippen LogP contribution in [0.2, 0.25) is 0 Å². The third kappa shape index (κ3) is 2.88. The van der Waals surface area contributed by atoms with Gasteiger partial charge >= 0.3 is 0 Å². The summed E-state index contributed by atoms with van der Waals surface area (Å²) in [4.78, 5) is 10.3. The van der Waals surface area contributed by atoms with Gasteiger partial charge in [0, 0.05) is 26.9 Å². The van der Waals surface area contributed by atoms with Gasteiger partial charge in [-0.15, -0.1) is 0 Å². The maximum Gasteiger partial charge on any atom is 0.270 e. The minimum atomic E-state index is -0.363. The topological polar surface area (TPSA) is 55.2 Å². The highest BCUT2D eigenvalue weighted by molar-refractivity contribution is 14.1. The summed E-state index contributed by atoms with van der Waals surface area (Å²) in [5.74, 6) is 0.716. The van der Waals surface area contributed by atoms with Crippen molar-refractivity contribution in [1.82, 2.24) is 0 Å². The summed E-state index contributed by atoms with van der Waals surface area (Å²) >= 11 is 2.14. The van der Waals surface area contributed by atoms with Crippen molar-refractivity contribution in [1.29, 1.82) is 0 Å². The number of rotatable bonds is 4. The second-order valence-corrected chi connectivity index (χ2v) is 6.20. The van der Waals surface area contributed by atoms with Crippen LogP contribution >= 0.6 is 22.6 Å². The zero-order valence-electron chi connectivity index (χ0n) is 9.87. The third-order valence-electron chi connectivity index (χ3n) is 3.22. The monoisotopic (exact) mass is 346 g/mol. The highest BCUT2D eigenvalue weighted by Crippen LogP contribution is 2.41. The molecule has 1 aliphatic carbocycles. The fourth-order valence-corrected chi connectivity index (χ4v) is 2.61. The van der Waals surface area contributed by atoms with E-state index in [0.29, 0.717) is 5.92 Å². The molecule has 0 aliphatic heterocycles. The molecule has 1 N–H and O–H groups in total. The number of non-ortho nitro benzene ring substituents is 1. The molecule has 1 aliphatic rings. The van der Waals surface area contributed by atoms with Crippen molar-refractivity contribution in [3.05, 3.63) is 31.9 Å². The van der Waals surface area contributed by atoms with Crippen LogP contribution in [-0.2, 0) is 0 Å². The van der Waals surface area contributed by atoms with E-state index in [1.54, 1.807) is 18.2 Å². The zero-order valence-corrected chi connectivity index (χ0v) is 12.0. The van der Waals surface area contributed by atoms with Crippen molar-refractivity contribution < 1.29 is 4.92 Å². The fraction of sp³-hybridized carbons (Fsp3) is 0.500. The molecule has 0 atom stereocenters. The quantitative estimate of drug-likeness (QED) is 0.513. The lowest BCUT2D eigenvalue weighted by atomic mass is 9.98. The molecule has 1 fully saturated rings. The summed E-state index contributed by atoms with van der Waals surface area (Å²) in [5.41, 5.74) is 1.19. The van der Waals surface area contributed by atoms with Gasteiger partial charge in [0.2, 0.25) is 0 Å². The number of benzene rings is 1. The van der Waals surface area contributed by atoms with Crippen LogP contribution in [0.1, 0.15) is 26.7 Å². The van der Waals surface area contributed by atoms with E-state index in [9.17, 15) is 10.1 Å². The van der Waals surface area contributed by atoms with E-state index in [0.717, 1.165) is 9.26 Å². The summed E-state index contributed by atoms with van der Waals surface area (Å²) in [6, 6.07) is 4.95. The largest absolute Gasteiger partial charge is 0.379 e. The highest BCUT2D eigenvalue weighted by atomic mass is 127. The van der Waals surface area contributed by atoms with Crippen molar-refractivity contribution in [3.63, 3.8) is 0 Å². The molecule has 0 radical (unpaired) electrons. The first-order valence-electron chi connectivity index (χ1n) is 5.62. The maximum absolute atomic E-state index is 10.6. The summed E-state index contributed by atoms with van der Waals surface area (Å²) in [5, 5.41) is 14.1. The molecule has 0 saturated heterocycles. The van der Waals surface area contributed by atoms with E-state index in [2.05, 4.69) is 41.8 Å². The van der Waals surface area contributed by atoms with E-state index >= 15 is 0 Å². The minimum absolute atomic E-state index is 0.0655. The second-order valence-electron chi connectivity index (χ2n) is 5.04. The first-order valence-corrected chi connectivity index (χ1v) is 6.70. The molecule has 1 saturated carbocycles. The van der Waals surface area contributed by atoms with Gasteiger partial charge in [-0.25, -0.2) is 0 Å². The van der Waals surface area contributed by atoms with Gasteiger partial charge in [0.15, 0.2) is 0 Å². The number of nitro groups is 1. The molecule has 2 rings (SSSR count). The Labute approximate surface area is 114 Å². The Morgan fingerprint density at radius 2 is 2.12 bits per heavy atom. The van der Waals surface area contributed by atoms with Crippen LogP contribution < -0.4 is 5.32 Å². The first kappa shape index (κ1) is 12.6. The fourth-order valence-electron chi connectivity index (χ4n) is 1.97. The molecule has 0 heterocycles. The van der Waals surface area contributed by atoms with Crippen molar-refractivity contribution in [2.45, 2.75) is 32.2 Å². The molecule has 1 aromatic carbocycles. The van der Waals surface area contributed by atoms with E-state index in [-0.39, 0.29) is 16.1 Å². The molecule has 17 heavy (non-hydrogen) atoms. The van der Waals surface area contributed by atoms with Gasteiger partial charge in [-0.05, 0) is 61.3 Å². The average molecular weight is 346 g/mol. The second kappa shape index (κ2) is 4.44. The van der Waals surface area contributed by atoms with E-state index in [4.69, 9.17) is 0 Å². The first-order chi connectivity index (χ1) is 7.90. The number of halogens is 1. The molecule has 0 amide bonds. The summed E-state index contributed by atoms with van der Waals surface area (Å²) in [7, 11) is 0. The van der Waals surface area contributed by atoms with Gasteiger partial charge in [-0.2, -0.15) is 0 Å². The van der Waals surface area contributed by atoms with Gasteiger partial charge in [0.05, 0.1) is 4.92 Å². The van der Waals surface area contributed by atoms with Crippen molar-refractivity contribution in [3.8, 4) is 0 Å². The lowest BCUT2D eigenvalue weighted by Gasteiger charge is -2.28. The third-order valence-corrected chi connectivity index (χ3v) is 4.11. The molecule has 5 heteroatoms. The number of nitrogens with one attached hydrogen (secondary N) is 1. The highest BCUT2D eigenvalue weighted by Gasteiger charge is 2.37. The van der Waals surface area contributed by atoms with Crippen LogP contribution in [-0.4, -0.2) is 10.5 Å². The maximum atomic E-state index is 10.6. The number of anilines is 1. The normalized spacial score (nSPS) is 15.7. The smallest absolute Gasteiger partial charge is 0.270 e. The van der Waals surface area contributed by atoms with Crippen LogP contribution in [0.5, 0.6) is 0 Å². The predicted molar refractivity (Wildman–Crippen MR) is 76.2 cm³/mol. The van der Waals surface area contributed by atoms with Crippen LogP contribution in [0.3, 0.4) is 0 Å². The molecule has 0 unspecified atom stereocenters. The molecule has 0 aromatic heterocycles. The van der Waals surface area contributed by atoms with E-state index in [1.165, 1.54) is 12.8 Å². The van der Waals surface area contributed by atoms with Crippen molar-refractivity contribution in [2.75, 3.05) is 5.32 Å². The van der Waals surface area contributed by atoms with Gasteiger partial charge in [-0.3, -0.25) is 10.1 Å². The molecule has 92 valence electrons. The molecular weight excluding hydrogens is 331 g/mol. The number of nitrogens with zero attached hydrogens (tertiary/aromatic N) is 1. The minimum Gasteiger partial charge on any atom is -0.379 e. The Hall–Kier alpha value is -0.850. The van der Waals surface area contributed by atoms with Crippen LogP contribution in [0.15, 0.2) is 18.2 Å². The summed E-state index contributed by atoms with van der Waals surface area (Å²) in [6.45, 7) is 4.37. The molecular formula is C12H15IN2O2. The number of hydrogen-bond donors (Lipinski definition) is 1. The van der Waals surface area contributed by atoms with Crippen LogP contribution in [0, 0.1) is 19.6 Å². The SMILES string of the molecule is CC(C)(Nc1ccc([N+](=O)[O-])cc1I)C1CC1. The van der Waals surface area contributed by atoms with E-state index in [1.807, 2.05) is 0 Å². The predicted octanol–water partition coefficient (Wildman–Crippen LogP) is 3.80. The Kier molecular flexibility index (Phi) is 3.29. The summed E-state index contributed by atoms with van der Waals surface area (Å²) in [6.07, 6.45) is 2.53. The molecule has 0 bridgehead atoms. The van der Waals surface area contributed by atoms with Gasteiger partial charge in [0.1, 0.15) is 0 Å². The lowest BCUT2D eigenvalue weighted by molar-refractivity contribution is -0.384. The lowest BCUT2D eigenvalue weighted by Crippen LogP contribution is -2.33. The van der Waals surface area contributed by atoms with E-state index < -0.39 is 0 Å². The van der Waals surface area contributed by atoms with Crippen molar-refractivity contribution in [2.24, 2.45) is 5.92 Å². The van der Waals surface area contributed by atoms with Crippen LogP contribution in [0.25, 0.3) is 0 Å². The standard InChI is InChI=1S/C12H15IN2O2/c1-12(2,8-3-4-8)14-11-6-5-9(15(16)17)7-10(11)13/h5-8,14H,3-4H2,1-2H3. The molecule has 4 nitrogen and oxygen atoms in total. The Bertz CT molecular complexity index is 456.